The fourth-order valence-corrected chi connectivity index (χ4v) is 3.16. The summed E-state index contributed by atoms with van der Waals surface area (Å²) in [6.45, 7) is 3.35. The first-order valence-corrected chi connectivity index (χ1v) is 8.86. The molecule has 2 nitrogen and oxygen atoms in total. The maximum absolute atomic E-state index is 4.89. The average Bonchev–Trinajstić information content (AvgIpc) is 2.95. The first kappa shape index (κ1) is 15.8. The topological polar surface area (TPSA) is 17.8 Å². The molecule has 0 spiro atoms. The number of benzene rings is 2. The van der Waals surface area contributed by atoms with Gasteiger partial charge in [-0.05, 0) is 30.5 Å². The summed E-state index contributed by atoms with van der Waals surface area (Å²) in [5, 5.41) is 0. The van der Waals surface area contributed by atoms with E-state index < -0.39 is 0 Å². The van der Waals surface area contributed by atoms with Gasteiger partial charge in [0.15, 0.2) is 0 Å². The molecule has 0 atom stereocenters. The summed E-state index contributed by atoms with van der Waals surface area (Å²) in [7, 11) is 0. The predicted octanol–water partition coefficient (Wildman–Crippen LogP) is 5.40. The Morgan fingerprint density at radius 1 is 0.826 bits per heavy atom. The van der Waals surface area contributed by atoms with E-state index in [0.717, 1.165) is 24.9 Å². The number of rotatable bonds is 8. The van der Waals surface area contributed by atoms with E-state index in [1.807, 2.05) is 0 Å². The molecule has 2 heteroatoms. The lowest BCUT2D eigenvalue weighted by Crippen LogP contribution is -2.05. The lowest BCUT2D eigenvalue weighted by molar-refractivity contribution is 0.573. The molecule has 0 aliphatic heterocycles. The minimum atomic E-state index is 1.01. The summed E-state index contributed by atoms with van der Waals surface area (Å²) in [6.07, 6.45) is 7.22. The maximum Gasteiger partial charge on any atom is 0.110 e. The third-order valence-corrected chi connectivity index (χ3v) is 4.45. The van der Waals surface area contributed by atoms with Gasteiger partial charge in [0, 0.05) is 13.0 Å². The number of aryl methyl sites for hydroxylation is 3. The number of hydrogen-bond acceptors (Lipinski definition) is 1. The molecule has 0 radical (unpaired) electrons. The van der Waals surface area contributed by atoms with Gasteiger partial charge in [-0.2, -0.15) is 0 Å². The monoisotopic (exact) mass is 306 g/mol. The molecule has 0 N–H and O–H groups in total. The average molecular weight is 306 g/mol. The van der Waals surface area contributed by atoms with E-state index in [0.29, 0.717) is 0 Å². The molecule has 0 fully saturated rings. The molecule has 0 amide bonds. The highest BCUT2D eigenvalue weighted by Crippen LogP contribution is 2.19. The Balaban J connectivity index is 1.77. The lowest BCUT2D eigenvalue weighted by atomic mass is 10.1. The van der Waals surface area contributed by atoms with Crippen molar-refractivity contribution < 1.29 is 0 Å². The van der Waals surface area contributed by atoms with Crippen molar-refractivity contribution in [2.75, 3.05) is 0 Å². The summed E-state index contributed by atoms with van der Waals surface area (Å²) in [5.74, 6) is 1.23. The predicted molar refractivity (Wildman–Crippen MR) is 97.7 cm³/mol. The Morgan fingerprint density at radius 2 is 1.61 bits per heavy atom. The second-order valence-corrected chi connectivity index (χ2v) is 6.21. The van der Waals surface area contributed by atoms with Crippen LogP contribution < -0.4 is 0 Å². The van der Waals surface area contributed by atoms with Crippen molar-refractivity contribution in [1.29, 1.82) is 0 Å². The minimum Gasteiger partial charge on any atom is -0.328 e. The van der Waals surface area contributed by atoms with Gasteiger partial charge in [0.05, 0.1) is 11.0 Å². The zero-order valence-electron chi connectivity index (χ0n) is 14.0. The molecule has 120 valence electrons. The molecule has 0 aliphatic carbocycles. The fraction of sp³-hybridized carbons (Fsp3) is 0.381. The Labute approximate surface area is 139 Å². The van der Waals surface area contributed by atoms with Crippen molar-refractivity contribution in [2.45, 2.75) is 52.0 Å². The molecule has 23 heavy (non-hydrogen) atoms. The molecule has 1 aromatic heterocycles. The zero-order chi connectivity index (χ0) is 15.9. The Kier molecular flexibility index (Phi) is 5.46. The number of imidazole rings is 1. The Bertz CT molecular complexity index is 728. The van der Waals surface area contributed by atoms with Gasteiger partial charge in [0.2, 0.25) is 0 Å². The molecule has 0 aliphatic rings. The van der Waals surface area contributed by atoms with Crippen molar-refractivity contribution in [3.8, 4) is 0 Å². The number of para-hydroxylation sites is 2. The summed E-state index contributed by atoms with van der Waals surface area (Å²) in [5.41, 5.74) is 3.80. The number of unbranched alkanes of at least 4 members (excludes halogenated alkanes) is 3. The van der Waals surface area contributed by atoms with E-state index in [1.54, 1.807) is 0 Å². The summed E-state index contributed by atoms with van der Waals surface area (Å²) >= 11 is 0. The van der Waals surface area contributed by atoms with Crippen molar-refractivity contribution in [3.05, 3.63) is 66.0 Å². The summed E-state index contributed by atoms with van der Waals surface area (Å²) in [6, 6.07) is 19.2. The van der Waals surface area contributed by atoms with Gasteiger partial charge in [0.25, 0.3) is 0 Å². The first-order valence-electron chi connectivity index (χ1n) is 8.86. The molecule has 3 rings (SSSR count). The van der Waals surface area contributed by atoms with Crippen LogP contribution in [-0.2, 0) is 19.4 Å². The maximum atomic E-state index is 4.89. The zero-order valence-corrected chi connectivity index (χ0v) is 14.0. The van der Waals surface area contributed by atoms with Crippen LogP contribution in [0.2, 0.25) is 0 Å². The fourth-order valence-electron chi connectivity index (χ4n) is 3.16. The van der Waals surface area contributed by atoms with E-state index in [1.165, 1.54) is 42.6 Å². The van der Waals surface area contributed by atoms with Crippen LogP contribution in [-0.4, -0.2) is 9.55 Å². The van der Waals surface area contributed by atoms with Crippen LogP contribution >= 0.6 is 0 Å². The van der Waals surface area contributed by atoms with E-state index in [2.05, 4.69) is 66.1 Å². The molecule has 0 unspecified atom stereocenters. The van der Waals surface area contributed by atoms with Gasteiger partial charge >= 0.3 is 0 Å². The van der Waals surface area contributed by atoms with Gasteiger partial charge in [-0.15, -0.1) is 0 Å². The van der Waals surface area contributed by atoms with Crippen LogP contribution in [0.4, 0.5) is 0 Å². The van der Waals surface area contributed by atoms with Crippen molar-refractivity contribution in [3.63, 3.8) is 0 Å². The summed E-state index contributed by atoms with van der Waals surface area (Å²) in [4.78, 5) is 4.89. The molecule has 1 heterocycles. The van der Waals surface area contributed by atoms with Crippen molar-refractivity contribution in [1.82, 2.24) is 9.55 Å². The van der Waals surface area contributed by atoms with E-state index in [4.69, 9.17) is 4.98 Å². The van der Waals surface area contributed by atoms with E-state index in [-0.39, 0.29) is 0 Å². The third kappa shape index (κ3) is 4.01. The van der Waals surface area contributed by atoms with Gasteiger partial charge < -0.3 is 4.57 Å². The lowest BCUT2D eigenvalue weighted by Gasteiger charge is -2.09. The number of hydrogen-bond donors (Lipinski definition) is 0. The van der Waals surface area contributed by atoms with Crippen LogP contribution in [0.3, 0.4) is 0 Å². The van der Waals surface area contributed by atoms with E-state index >= 15 is 0 Å². The standard InChI is InChI=1S/C21H26N2/c1-2-3-4-10-17-23-20-14-9-8-13-19(20)22-21(23)16-15-18-11-6-5-7-12-18/h5-9,11-14H,2-4,10,15-17H2,1H3. The highest BCUT2D eigenvalue weighted by atomic mass is 15.1. The Hall–Kier alpha value is -2.09. The highest BCUT2D eigenvalue weighted by molar-refractivity contribution is 5.75. The van der Waals surface area contributed by atoms with Gasteiger partial charge in [-0.3, -0.25) is 0 Å². The SMILES string of the molecule is CCCCCCn1c(CCc2ccccc2)nc2ccccc21. The minimum absolute atomic E-state index is 1.01. The molecule has 0 saturated heterocycles. The van der Waals surface area contributed by atoms with Gasteiger partial charge in [-0.25, -0.2) is 4.98 Å². The van der Waals surface area contributed by atoms with Crippen LogP contribution in [0.25, 0.3) is 11.0 Å². The molecular weight excluding hydrogens is 280 g/mol. The molecular formula is C21H26N2. The number of fused-ring (bicyclic) bond motifs is 1. The molecule has 0 bridgehead atoms. The number of nitrogens with zero attached hydrogens (tertiary/aromatic N) is 2. The van der Waals surface area contributed by atoms with Crippen LogP contribution in [0, 0.1) is 0 Å². The van der Waals surface area contributed by atoms with Crippen LogP contribution in [0.1, 0.15) is 44.0 Å². The van der Waals surface area contributed by atoms with E-state index in [9.17, 15) is 0 Å². The Morgan fingerprint density at radius 3 is 2.43 bits per heavy atom. The summed E-state index contributed by atoms with van der Waals surface area (Å²) < 4.78 is 2.44. The van der Waals surface area contributed by atoms with Gasteiger partial charge in [-0.1, -0.05) is 68.7 Å². The first-order chi connectivity index (χ1) is 11.4. The van der Waals surface area contributed by atoms with Crippen LogP contribution in [0.15, 0.2) is 54.6 Å². The van der Waals surface area contributed by atoms with Gasteiger partial charge in [0.1, 0.15) is 5.82 Å². The molecule has 3 aromatic rings. The quantitative estimate of drug-likeness (QED) is 0.509. The smallest absolute Gasteiger partial charge is 0.110 e. The third-order valence-electron chi connectivity index (χ3n) is 4.45. The molecule has 0 saturated carbocycles. The second kappa shape index (κ2) is 7.96. The highest BCUT2D eigenvalue weighted by Gasteiger charge is 2.10. The van der Waals surface area contributed by atoms with Crippen LogP contribution in [0.5, 0.6) is 0 Å². The largest absolute Gasteiger partial charge is 0.328 e. The normalized spacial score (nSPS) is 11.2. The molecule has 2 aromatic carbocycles. The number of aromatic nitrogens is 2. The second-order valence-electron chi connectivity index (χ2n) is 6.21. The van der Waals surface area contributed by atoms with Crippen molar-refractivity contribution in [2.24, 2.45) is 0 Å². The van der Waals surface area contributed by atoms with Crippen molar-refractivity contribution >= 4 is 11.0 Å².